The summed E-state index contributed by atoms with van der Waals surface area (Å²) in [4.78, 5) is 26.4. The van der Waals surface area contributed by atoms with Gasteiger partial charge < -0.3 is 10.1 Å². The number of thiophene rings is 1. The lowest BCUT2D eigenvalue weighted by Crippen LogP contribution is -2.27. The highest BCUT2D eigenvalue weighted by Crippen LogP contribution is 2.38. The molecule has 1 aliphatic carbocycles. The predicted octanol–water partition coefficient (Wildman–Crippen LogP) is 3.49. The summed E-state index contributed by atoms with van der Waals surface area (Å²) in [5, 5.41) is 3.78. The van der Waals surface area contributed by atoms with Crippen LogP contribution in [0.15, 0.2) is 29.2 Å². The van der Waals surface area contributed by atoms with Crippen molar-refractivity contribution >= 4 is 38.1 Å². The molecule has 0 radical (unpaired) electrons. The Labute approximate surface area is 186 Å². The van der Waals surface area contributed by atoms with Crippen LogP contribution in [0.2, 0.25) is 0 Å². The molecule has 0 saturated carbocycles. The minimum Gasteiger partial charge on any atom is -0.465 e. The van der Waals surface area contributed by atoms with Crippen LogP contribution < -0.4 is 5.32 Å². The molecular formula is C22H26N2O5S2. The number of fused-ring (bicyclic) bond motifs is 1. The number of sulfonamides is 1. The fourth-order valence-corrected chi connectivity index (χ4v) is 6.95. The number of anilines is 1. The van der Waals surface area contributed by atoms with E-state index in [1.54, 1.807) is 12.1 Å². The minimum atomic E-state index is -3.50. The van der Waals surface area contributed by atoms with Crippen LogP contribution in [0.25, 0.3) is 0 Å². The number of nitrogens with zero attached hydrogens (tertiary/aromatic N) is 1. The number of nitrogens with one attached hydrogen (secondary N) is 1. The number of esters is 1. The van der Waals surface area contributed by atoms with Crippen molar-refractivity contribution in [3.63, 3.8) is 0 Å². The molecule has 0 amide bonds. The lowest BCUT2D eigenvalue weighted by atomic mass is 9.95. The van der Waals surface area contributed by atoms with Crippen molar-refractivity contribution < 1.29 is 22.7 Å². The van der Waals surface area contributed by atoms with Crippen molar-refractivity contribution in [2.45, 2.75) is 43.4 Å². The van der Waals surface area contributed by atoms with E-state index in [2.05, 4.69) is 5.32 Å². The lowest BCUT2D eigenvalue weighted by molar-refractivity contribution is 0.0600. The van der Waals surface area contributed by atoms with Crippen molar-refractivity contribution in [1.82, 2.24) is 4.31 Å². The SMILES string of the molecule is COC(=O)c1c(NCC(=O)c2ccc(S(=O)(=O)N3CCCC3)cc2)sc2c1CCCC2. The van der Waals surface area contributed by atoms with Gasteiger partial charge in [0.15, 0.2) is 5.78 Å². The summed E-state index contributed by atoms with van der Waals surface area (Å²) < 4.78 is 31.7. The third kappa shape index (κ3) is 4.40. The van der Waals surface area contributed by atoms with Gasteiger partial charge in [-0.2, -0.15) is 4.31 Å². The molecule has 0 bridgehead atoms. The van der Waals surface area contributed by atoms with Crippen LogP contribution in [0.1, 0.15) is 56.8 Å². The Morgan fingerprint density at radius 2 is 1.74 bits per heavy atom. The number of ether oxygens (including phenoxy) is 1. The van der Waals surface area contributed by atoms with E-state index in [0.717, 1.165) is 44.1 Å². The molecule has 0 spiro atoms. The van der Waals surface area contributed by atoms with Gasteiger partial charge in [-0.3, -0.25) is 4.79 Å². The number of hydrogen-bond acceptors (Lipinski definition) is 7. The first-order valence-corrected chi connectivity index (χ1v) is 12.8. The highest BCUT2D eigenvalue weighted by atomic mass is 32.2. The molecular weight excluding hydrogens is 436 g/mol. The van der Waals surface area contributed by atoms with Gasteiger partial charge in [0.1, 0.15) is 5.00 Å². The number of methoxy groups -OCH3 is 1. The molecule has 31 heavy (non-hydrogen) atoms. The summed E-state index contributed by atoms with van der Waals surface area (Å²) in [5.74, 6) is -0.557. The van der Waals surface area contributed by atoms with E-state index >= 15 is 0 Å². The van der Waals surface area contributed by atoms with Crippen molar-refractivity contribution in [2.24, 2.45) is 0 Å². The number of hydrogen-bond donors (Lipinski definition) is 1. The van der Waals surface area contributed by atoms with E-state index in [1.807, 2.05) is 0 Å². The van der Waals surface area contributed by atoms with Gasteiger partial charge in [-0.15, -0.1) is 11.3 Å². The van der Waals surface area contributed by atoms with Crippen LogP contribution in [-0.4, -0.2) is 51.2 Å². The van der Waals surface area contributed by atoms with Gasteiger partial charge in [0.05, 0.1) is 24.1 Å². The van der Waals surface area contributed by atoms with Crippen LogP contribution in [0.4, 0.5) is 5.00 Å². The normalized spacial score (nSPS) is 16.7. The summed E-state index contributed by atoms with van der Waals surface area (Å²) in [5.41, 5.74) is 2.00. The van der Waals surface area contributed by atoms with E-state index in [1.165, 1.54) is 39.8 Å². The van der Waals surface area contributed by atoms with Crippen molar-refractivity contribution in [1.29, 1.82) is 0 Å². The third-order valence-electron chi connectivity index (χ3n) is 5.85. The van der Waals surface area contributed by atoms with Crippen LogP contribution in [-0.2, 0) is 27.6 Å². The zero-order valence-corrected chi connectivity index (χ0v) is 19.1. The van der Waals surface area contributed by atoms with Gasteiger partial charge in [0.25, 0.3) is 0 Å². The molecule has 1 N–H and O–H groups in total. The zero-order chi connectivity index (χ0) is 22.0. The Bertz CT molecular complexity index is 1080. The van der Waals surface area contributed by atoms with Gasteiger partial charge >= 0.3 is 5.97 Å². The zero-order valence-electron chi connectivity index (χ0n) is 17.5. The molecule has 7 nitrogen and oxygen atoms in total. The highest BCUT2D eigenvalue weighted by Gasteiger charge is 2.28. The van der Waals surface area contributed by atoms with E-state index < -0.39 is 10.0 Å². The molecule has 0 unspecified atom stereocenters. The van der Waals surface area contributed by atoms with Gasteiger partial charge in [-0.25, -0.2) is 13.2 Å². The first kappa shape index (κ1) is 22.0. The number of rotatable bonds is 7. The molecule has 1 saturated heterocycles. The Morgan fingerprint density at radius 1 is 1.06 bits per heavy atom. The smallest absolute Gasteiger partial charge is 0.341 e. The third-order valence-corrected chi connectivity index (χ3v) is 9.01. The molecule has 1 aliphatic heterocycles. The van der Waals surface area contributed by atoms with Crippen molar-refractivity contribution in [3.8, 4) is 0 Å². The summed E-state index contributed by atoms with van der Waals surface area (Å²) in [6, 6.07) is 6.08. The fourth-order valence-electron chi connectivity index (χ4n) is 4.16. The minimum absolute atomic E-state index is 0.0155. The van der Waals surface area contributed by atoms with E-state index in [0.29, 0.717) is 29.2 Å². The number of benzene rings is 1. The van der Waals surface area contributed by atoms with Gasteiger partial charge in [-0.1, -0.05) is 0 Å². The number of carbonyl (C=O) groups excluding carboxylic acids is 2. The molecule has 166 valence electrons. The van der Waals surface area contributed by atoms with E-state index in [-0.39, 0.29) is 23.2 Å². The maximum Gasteiger partial charge on any atom is 0.341 e. The monoisotopic (exact) mass is 462 g/mol. The Morgan fingerprint density at radius 3 is 2.42 bits per heavy atom. The molecule has 1 aromatic heterocycles. The Balaban J connectivity index is 1.47. The van der Waals surface area contributed by atoms with Crippen LogP contribution in [0, 0.1) is 0 Å². The summed E-state index contributed by atoms with van der Waals surface area (Å²) >= 11 is 1.51. The van der Waals surface area contributed by atoms with E-state index in [4.69, 9.17) is 4.74 Å². The number of Topliss-reactive ketones (excluding diaryl/α,β-unsaturated/α-hetero) is 1. The Hall–Kier alpha value is -2.23. The second kappa shape index (κ2) is 9.10. The molecule has 0 atom stereocenters. The fraction of sp³-hybridized carbons (Fsp3) is 0.455. The van der Waals surface area contributed by atoms with Crippen molar-refractivity contribution in [2.75, 3.05) is 32.1 Å². The maximum absolute atomic E-state index is 12.7. The lowest BCUT2D eigenvalue weighted by Gasteiger charge is -2.15. The largest absolute Gasteiger partial charge is 0.465 e. The van der Waals surface area contributed by atoms with Crippen LogP contribution in [0.5, 0.6) is 0 Å². The van der Waals surface area contributed by atoms with Gasteiger partial charge in [0.2, 0.25) is 10.0 Å². The Kier molecular flexibility index (Phi) is 6.45. The topological polar surface area (TPSA) is 92.8 Å². The average molecular weight is 463 g/mol. The molecule has 2 aromatic rings. The number of carbonyl (C=O) groups is 2. The number of ketones is 1. The average Bonchev–Trinajstić information content (AvgIpc) is 3.45. The van der Waals surface area contributed by atoms with Gasteiger partial charge in [-0.05, 0) is 68.4 Å². The molecule has 4 rings (SSSR count). The second-order valence-corrected chi connectivity index (χ2v) is 10.9. The predicted molar refractivity (Wildman–Crippen MR) is 120 cm³/mol. The quantitative estimate of drug-likeness (QED) is 0.500. The van der Waals surface area contributed by atoms with Crippen LogP contribution >= 0.6 is 11.3 Å². The van der Waals surface area contributed by atoms with Crippen molar-refractivity contribution in [3.05, 3.63) is 45.8 Å². The van der Waals surface area contributed by atoms with E-state index in [9.17, 15) is 18.0 Å². The highest BCUT2D eigenvalue weighted by molar-refractivity contribution is 7.89. The molecule has 2 aliphatic rings. The van der Waals surface area contributed by atoms with Gasteiger partial charge in [0, 0.05) is 23.5 Å². The molecule has 1 fully saturated rings. The summed E-state index contributed by atoms with van der Waals surface area (Å²) in [6.45, 7) is 1.10. The first-order chi connectivity index (χ1) is 14.9. The summed E-state index contributed by atoms with van der Waals surface area (Å²) in [7, 11) is -2.14. The molecule has 1 aromatic carbocycles. The number of aryl methyl sites for hydroxylation is 1. The standard InChI is InChI=1S/C22H26N2O5S2/c1-29-22(26)20-17-6-2-3-7-19(17)30-21(20)23-14-18(25)15-8-10-16(11-9-15)31(27,28)24-12-4-5-13-24/h8-11,23H,2-7,12-14H2,1H3. The molecule has 9 heteroatoms. The maximum atomic E-state index is 12.7. The first-order valence-electron chi connectivity index (χ1n) is 10.5. The second-order valence-electron chi connectivity index (χ2n) is 7.82. The molecule has 2 heterocycles. The summed E-state index contributed by atoms with van der Waals surface area (Å²) in [6.07, 6.45) is 5.67. The van der Waals surface area contributed by atoms with Crippen LogP contribution in [0.3, 0.4) is 0 Å².